The number of rotatable bonds is 13. The molecule has 1 atom stereocenters. The molecule has 0 aliphatic carbocycles. The van der Waals surface area contributed by atoms with E-state index in [2.05, 4.69) is 26.0 Å². The molecule has 5 nitrogen and oxygen atoms in total. The van der Waals surface area contributed by atoms with Crippen molar-refractivity contribution in [1.29, 1.82) is 0 Å². The van der Waals surface area contributed by atoms with E-state index in [1.165, 1.54) is 5.56 Å². The molecular weight excluding hydrogens is 328 g/mol. The number of nitrogens with two attached hydrogens (primary N) is 1. The van der Waals surface area contributed by atoms with Gasteiger partial charge >= 0.3 is 0 Å². The summed E-state index contributed by atoms with van der Waals surface area (Å²) >= 11 is 0. The van der Waals surface area contributed by atoms with Crippen molar-refractivity contribution in [2.45, 2.75) is 59.3 Å². The third kappa shape index (κ3) is 8.79. The Hall–Kier alpha value is -1.43. The topological polar surface area (TPSA) is 64.8 Å². The van der Waals surface area contributed by atoms with Crippen molar-refractivity contribution in [2.24, 2.45) is 11.7 Å². The van der Waals surface area contributed by atoms with Crippen LogP contribution in [0.15, 0.2) is 30.3 Å². The van der Waals surface area contributed by atoms with Crippen molar-refractivity contribution in [1.82, 2.24) is 4.90 Å². The third-order valence-corrected chi connectivity index (χ3v) is 4.27. The van der Waals surface area contributed by atoms with E-state index in [4.69, 9.17) is 15.2 Å². The van der Waals surface area contributed by atoms with E-state index in [0.717, 1.165) is 12.8 Å². The smallest absolute Gasteiger partial charge is 0.239 e. The molecule has 0 saturated heterocycles. The highest BCUT2D eigenvalue weighted by Gasteiger charge is 2.24. The van der Waals surface area contributed by atoms with Gasteiger partial charge in [-0.2, -0.15) is 0 Å². The van der Waals surface area contributed by atoms with Crippen molar-refractivity contribution in [3.63, 3.8) is 0 Å². The fourth-order valence-corrected chi connectivity index (χ4v) is 2.74. The van der Waals surface area contributed by atoms with Crippen LogP contribution in [0.1, 0.15) is 46.1 Å². The summed E-state index contributed by atoms with van der Waals surface area (Å²) in [6.07, 6.45) is 1.96. The molecule has 5 heteroatoms. The Morgan fingerprint density at radius 1 is 1.08 bits per heavy atom. The molecule has 1 aromatic rings. The Morgan fingerprint density at radius 3 is 2.23 bits per heavy atom. The van der Waals surface area contributed by atoms with Crippen molar-refractivity contribution in [2.75, 3.05) is 26.3 Å². The van der Waals surface area contributed by atoms with Crippen LogP contribution >= 0.6 is 0 Å². The van der Waals surface area contributed by atoms with Crippen LogP contribution < -0.4 is 5.73 Å². The maximum Gasteiger partial charge on any atom is 0.239 e. The molecule has 1 unspecified atom stereocenters. The molecule has 26 heavy (non-hydrogen) atoms. The van der Waals surface area contributed by atoms with Gasteiger partial charge in [0.25, 0.3) is 0 Å². The largest absolute Gasteiger partial charge is 0.351 e. The Bertz CT molecular complexity index is 487. The van der Waals surface area contributed by atoms with Gasteiger partial charge in [-0.25, -0.2) is 0 Å². The number of hydrogen-bond donors (Lipinski definition) is 1. The molecule has 0 radical (unpaired) electrons. The molecule has 0 spiro atoms. The summed E-state index contributed by atoms with van der Waals surface area (Å²) in [4.78, 5) is 14.7. The SMILES string of the molecule is CCOC(CN(CCC(C)C)C(=O)C(N)CCc1ccccc1)OCC. The van der Waals surface area contributed by atoms with Gasteiger partial charge in [-0.3, -0.25) is 4.79 Å². The van der Waals surface area contributed by atoms with Crippen LogP contribution in [-0.2, 0) is 20.7 Å². The minimum absolute atomic E-state index is 0.0222. The van der Waals surface area contributed by atoms with Crippen LogP contribution in [0.25, 0.3) is 0 Å². The highest BCUT2D eigenvalue weighted by atomic mass is 16.7. The Morgan fingerprint density at radius 2 is 1.69 bits per heavy atom. The number of benzene rings is 1. The first kappa shape index (κ1) is 22.6. The molecule has 0 aromatic heterocycles. The van der Waals surface area contributed by atoms with E-state index in [0.29, 0.717) is 38.6 Å². The average Bonchev–Trinajstić information content (AvgIpc) is 2.63. The minimum atomic E-state index is -0.508. The zero-order chi connectivity index (χ0) is 19.4. The van der Waals surface area contributed by atoms with Crippen LogP contribution in [0.4, 0.5) is 0 Å². The lowest BCUT2D eigenvalue weighted by Crippen LogP contribution is -2.48. The maximum atomic E-state index is 12.9. The second-order valence-electron chi connectivity index (χ2n) is 6.94. The van der Waals surface area contributed by atoms with Gasteiger partial charge in [0.05, 0.1) is 12.6 Å². The molecule has 0 aliphatic heterocycles. The first-order valence-corrected chi connectivity index (χ1v) is 9.79. The van der Waals surface area contributed by atoms with Crippen LogP contribution in [0.5, 0.6) is 0 Å². The van der Waals surface area contributed by atoms with Crippen LogP contribution in [0.3, 0.4) is 0 Å². The van der Waals surface area contributed by atoms with Gasteiger partial charge in [-0.1, -0.05) is 44.2 Å². The predicted molar refractivity (Wildman–Crippen MR) is 106 cm³/mol. The van der Waals surface area contributed by atoms with Crippen LogP contribution in [-0.4, -0.2) is 49.4 Å². The van der Waals surface area contributed by atoms with Gasteiger partial charge in [-0.15, -0.1) is 0 Å². The summed E-state index contributed by atoms with van der Waals surface area (Å²) in [5.74, 6) is 0.495. The Balaban J connectivity index is 2.67. The third-order valence-electron chi connectivity index (χ3n) is 4.27. The van der Waals surface area contributed by atoms with Gasteiger partial charge in [0.1, 0.15) is 0 Å². The van der Waals surface area contributed by atoms with Crippen molar-refractivity contribution >= 4 is 5.91 Å². The number of hydrogen-bond acceptors (Lipinski definition) is 4. The Labute approximate surface area is 158 Å². The monoisotopic (exact) mass is 364 g/mol. The molecule has 1 amide bonds. The van der Waals surface area contributed by atoms with Crippen molar-refractivity contribution in [3.05, 3.63) is 35.9 Å². The molecule has 1 rings (SSSR count). The number of ether oxygens (including phenoxy) is 2. The second-order valence-corrected chi connectivity index (χ2v) is 6.94. The number of amides is 1. The van der Waals surface area contributed by atoms with E-state index < -0.39 is 12.3 Å². The summed E-state index contributed by atoms with van der Waals surface area (Å²) in [7, 11) is 0. The van der Waals surface area contributed by atoms with Crippen LogP contribution in [0.2, 0.25) is 0 Å². The lowest BCUT2D eigenvalue weighted by atomic mass is 10.0. The predicted octanol–water partition coefficient (Wildman–Crippen LogP) is 3.22. The molecular formula is C21H36N2O3. The highest BCUT2D eigenvalue weighted by Crippen LogP contribution is 2.10. The van der Waals surface area contributed by atoms with Gasteiger partial charge in [0.2, 0.25) is 5.91 Å². The lowest BCUT2D eigenvalue weighted by Gasteiger charge is -2.30. The zero-order valence-electron chi connectivity index (χ0n) is 16.8. The lowest BCUT2D eigenvalue weighted by molar-refractivity contribution is -0.159. The molecule has 1 aromatic carbocycles. The van der Waals surface area contributed by atoms with Gasteiger partial charge in [0, 0.05) is 19.8 Å². The highest BCUT2D eigenvalue weighted by molar-refractivity contribution is 5.81. The van der Waals surface area contributed by atoms with Gasteiger partial charge in [-0.05, 0) is 44.6 Å². The second kappa shape index (κ2) is 12.8. The zero-order valence-corrected chi connectivity index (χ0v) is 16.8. The number of aryl methyl sites for hydroxylation is 1. The quantitative estimate of drug-likeness (QED) is 0.546. The minimum Gasteiger partial charge on any atom is -0.351 e. The molecule has 148 valence electrons. The summed E-state index contributed by atoms with van der Waals surface area (Å²) in [6.45, 7) is 10.4. The van der Waals surface area contributed by atoms with E-state index in [-0.39, 0.29) is 5.91 Å². The molecule has 2 N–H and O–H groups in total. The molecule has 0 fully saturated rings. The standard InChI is InChI=1S/C21H36N2O3/c1-5-25-20(26-6-2)16-23(15-14-17(3)4)21(24)19(22)13-12-18-10-8-7-9-11-18/h7-11,17,19-20H,5-6,12-16,22H2,1-4H3. The molecule has 0 heterocycles. The van der Waals surface area contributed by atoms with Crippen LogP contribution in [0, 0.1) is 5.92 Å². The molecule has 0 saturated carbocycles. The fourth-order valence-electron chi connectivity index (χ4n) is 2.74. The summed E-state index contributed by atoms with van der Waals surface area (Å²) in [5.41, 5.74) is 7.42. The average molecular weight is 365 g/mol. The first-order chi connectivity index (χ1) is 12.5. The van der Waals surface area contributed by atoms with Crippen molar-refractivity contribution < 1.29 is 14.3 Å². The number of carbonyl (C=O) groups excluding carboxylic acids is 1. The molecule has 0 bridgehead atoms. The number of carbonyl (C=O) groups is 1. The Kier molecular flexibility index (Phi) is 11.2. The normalized spacial score (nSPS) is 12.6. The van der Waals surface area contributed by atoms with E-state index >= 15 is 0 Å². The van der Waals surface area contributed by atoms with Gasteiger partial charge in [0.15, 0.2) is 6.29 Å². The van der Waals surface area contributed by atoms with E-state index in [1.807, 2.05) is 36.9 Å². The first-order valence-electron chi connectivity index (χ1n) is 9.79. The summed E-state index contributed by atoms with van der Waals surface area (Å²) in [6, 6.07) is 9.62. The summed E-state index contributed by atoms with van der Waals surface area (Å²) in [5, 5.41) is 0. The fraction of sp³-hybridized carbons (Fsp3) is 0.667. The molecule has 0 aliphatic rings. The maximum absolute atomic E-state index is 12.9. The van der Waals surface area contributed by atoms with E-state index in [1.54, 1.807) is 0 Å². The summed E-state index contributed by atoms with van der Waals surface area (Å²) < 4.78 is 11.2. The number of nitrogens with zero attached hydrogens (tertiary/aromatic N) is 1. The van der Waals surface area contributed by atoms with Gasteiger partial charge < -0.3 is 20.1 Å². The van der Waals surface area contributed by atoms with Crippen molar-refractivity contribution in [3.8, 4) is 0 Å². The van der Waals surface area contributed by atoms with E-state index in [9.17, 15) is 4.79 Å².